The van der Waals surface area contributed by atoms with E-state index in [1.807, 2.05) is 12.1 Å². The van der Waals surface area contributed by atoms with E-state index in [1.54, 1.807) is 6.20 Å². The van der Waals surface area contributed by atoms with Crippen molar-refractivity contribution < 1.29 is 8.78 Å². The van der Waals surface area contributed by atoms with E-state index in [4.69, 9.17) is 0 Å². The van der Waals surface area contributed by atoms with Crippen LogP contribution in [0, 0.1) is 5.41 Å². The lowest BCUT2D eigenvalue weighted by Gasteiger charge is -2.42. The number of aromatic nitrogens is 4. The summed E-state index contributed by atoms with van der Waals surface area (Å²) in [6.45, 7) is 1.47. The molecule has 0 amide bonds. The van der Waals surface area contributed by atoms with Crippen LogP contribution in [0.3, 0.4) is 0 Å². The highest BCUT2D eigenvalue weighted by Gasteiger charge is 2.57. The highest BCUT2D eigenvalue weighted by molar-refractivity contribution is 5.54. The zero-order chi connectivity index (χ0) is 19.6. The standard InChI is InChI=1S/C20H25F2N7/c21-20(22)5-3-15(20)24-10-19-8-13(9-19)29(11-19)18-23-6-4-16(26-18)25-17-7-14(27-28-17)12-1-2-12/h4,6-7,12-13,15,24H,1-3,5,8-11H2,(H2,23,25,26,27,28). The maximum absolute atomic E-state index is 13.5. The lowest BCUT2D eigenvalue weighted by Crippen LogP contribution is -2.56. The molecule has 3 saturated carbocycles. The van der Waals surface area contributed by atoms with Gasteiger partial charge in [0.05, 0.1) is 6.04 Å². The van der Waals surface area contributed by atoms with Crippen LogP contribution in [0.1, 0.15) is 50.1 Å². The zero-order valence-corrected chi connectivity index (χ0v) is 16.2. The molecular weight excluding hydrogens is 376 g/mol. The van der Waals surface area contributed by atoms with E-state index < -0.39 is 12.0 Å². The van der Waals surface area contributed by atoms with Gasteiger partial charge >= 0.3 is 0 Å². The van der Waals surface area contributed by atoms with Crippen LogP contribution >= 0.6 is 0 Å². The summed E-state index contributed by atoms with van der Waals surface area (Å²) >= 11 is 0. The smallest absolute Gasteiger partial charge is 0.263 e. The molecular formula is C20H25F2N7. The van der Waals surface area contributed by atoms with Gasteiger partial charge in [-0.15, -0.1) is 0 Å². The molecule has 0 aromatic carbocycles. The molecule has 2 saturated heterocycles. The van der Waals surface area contributed by atoms with Crippen LogP contribution < -0.4 is 15.5 Å². The van der Waals surface area contributed by atoms with E-state index in [-0.39, 0.29) is 11.8 Å². The summed E-state index contributed by atoms with van der Waals surface area (Å²) in [5.41, 5.74) is 1.25. The van der Waals surface area contributed by atoms with Gasteiger partial charge in [0, 0.05) is 54.8 Å². The lowest BCUT2D eigenvalue weighted by molar-refractivity contribution is -0.108. The van der Waals surface area contributed by atoms with E-state index in [2.05, 4.69) is 35.7 Å². The fourth-order valence-electron chi connectivity index (χ4n) is 5.00. The Kier molecular flexibility index (Phi) is 3.70. The topological polar surface area (TPSA) is 81.8 Å². The van der Waals surface area contributed by atoms with Crippen LogP contribution in [-0.4, -0.2) is 51.3 Å². The molecule has 2 bridgehead atoms. The fourth-order valence-corrected chi connectivity index (χ4v) is 5.00. The number of aromatic amines is 1. The minimum Gasteiger partial charge on any atom is -0.337 e. The van der Waals surface area contributed by atoms with Gasteiger partial charge in [-0.1, -0.05) is 0 Å². The number of rotatable bonds is 7. The molecule has 9 heteroatoms. The Morgan fingerprint density at radius 1 is 1.21 bits per heavy atom. The molecule has 5 aliphatic rings. The molecule has 2 aromatic heterocycles. The number of anilines is 3. The molecule has 4 heterocycles. The third kappa shape index (κ3) is 3.06. The van der Waals surface area contributed by atoms with E-state index in [0.29, 0.717) is 36.7 Å². The van der Waals surface area contributed by atoms with Gasteiger partial charge in [-0.2, -0.15) is 10.1 Å². The van der Waals surface area contributed by atoms with Crippen molar-refractivity contribution in [2.75, 3.05) is 23.3 Å². The number of nitrogens with one attached hydrogen (secondary N) is 3. The van der Waals surface area contributed by atoms with Crippen LogP contribution in [0.15, 0.2) is 18.3 Å². The highest BCUT2D eigenvalue weighted by atomic mass is 19.3. The normalized spacial score (nSPS) is 32.0. The molecule has 154 valence electrons. The van der Waals surface area contributed by atoms with Gasteiger partial charge in [0.2, 0.25) is 5.95 Å². The van der Waals surface area contributed by atoms with Crippen molar-refractivity contribution in [3.63, 3.8) is 0 Å². The van der Waals surface area contributed by atoms with Gasteiger partial charge in [-0.05, 0) is 38.2 Å². The first kappa shape index (κ1) is 17.6. The molecule has 0 spiro atoms. The van der Waals surface area contributed by atoms with Gasteiger partial charge in [-0.3, -0.25) is 5.10 Å². The molecule has 2 aromatic rings. The van der Waals surface area contributed by atoms with Crippen LogP contribution in [0.2, 0.25) is 0 Å². The predicted octanol–water partition coefficient (Wildman–Crippen LogP) is 3.18. The van der Waals surface area contributed by atoms with Gasteiger partial charge < -0.3 is 15.5 Å². The van der Waals surface area contributed by atoms with E-state index in [9.17, 15) is 8.78 Å². The molecule has 3 aliphatic carbocycles. The summed E-state index contributed by atoms with van der Waals surface area (Å²) in [4.78, 5) is 11.4. The lowest BCUT2D eigenvalue weighted by atomic mass is 9.69. The first-order valence-corrected chi connectivity index (χ1v) is 10.5. The molecule has 0 radical (unpaired) electrons. The molecule has 7 nitrogen and oxygen atoms in total. The quantitative estimate of drug-likeness (QED) is 0.661. The number of hydrogen-bond acceptors (Lipinski definition) is 6. The summed E-state index contributed by atoms with van der Waals surface area (Å²) in [6.07, 6.45) is 6.83. The predicted molar refractivity (Wildman–Crippen MR) is 105 cm³/mol. The van der Waals surface area contributed by atoms with Crippen molar-refractivity contribution in [2.24, 2.45) is 5.41 Å². The Balaban J connectivity index is 1.10. The molecule has 7 rings (SSSR count). The first-order valence-electron chi connectivity index (χ1n) is 10.5. The fraction of sp³-hybridized carbons (Fsp3) is 0.650. The van der Waals surface area contributed by atoms with Gasteiger partial charge in [0.1, 0.15) is 5.82 Å². The van der Waals surface area contributed by atoms with Crippen molar-refractivity contribution in [1.82, 2.24) is 25.5 Å². The van der Waals surface area contributed by atoms with Crippen LogP contribution in [0.5, 0.6) is 0 Å². The molecule has 5 fully saturated rings. The minimum atomic E-state index is -2.53. The average molecular weight is 401 g/mol. The summed E-state index contributed by atoms with van der Waals surface area (Å²) in [5, 5.41) is 13.8. The maximum atomic E-state index is 13.5. The van der Waals surface area contributed by atoms with Crippen molar-refractivity contribution in [2.45, 2.75) is 62.4 Å². The summed E-state index contributed by atoms with van der Waals surface area (Å²) in [6, 6.07) is 3.64. The van der Waals surface area contributed by atoms with Crippen molar-refractivity contribution in [1.29, 1.82) is 0 Å². The average Bonchev–Trinajstić information content (AvgIpc) is 3.15. The van der Waals surface area contributed by atoms with Crippen LogP contribution in [0.25, 0.3) is 0 Å². The number of halogens is 2. The second-order valence-corrected chi connectivity index (χ2v) is 9.27. The molecule has 29 heavy (non-hydrogen) atoms. The first-order chi connectivity index (χ1) is 14.0. The minimum absolute atomic E-state index is 0.0121. The van der Waals surface area contributed by atoms with Crippen LogP contribution in [-0.2, 0) is 0 Å². The number of alkyl halides is 2. The SMILES string of the molecule is FC1(F)CCC1NCC12CC(C1)N(c1nccc(Nc3cc(C4CC4)[nH]n3)n1)C2. The zero-order valence-electron chi connectivity index (χ0n) is 16.2. The van der Waals surface area contributed by atoms with Crippen molar-refractivity contribution in [3.8, 4) is 0 Å². The number of hydrogen-bond donors (Lipinski definition) is 3. The van der Waals surface area contributed by atoms with Crippen molar-refractivity contribution >= 4 is 17.6 Å². The third-order valence-corrected chi connectivity index (χ3v) is 7.05. The Bertz CT molecular complexity index is 919. The summed E-state index contributed by atoms with van der Waals surface area (Å²) in [7, 11) is 0. The van der Waals surface area contributed by atoms with Crippen LogP contribution in [0.4, 0.5) is 26.4 Å². The molecule has 1 unspecified atom stereocenters. The maximum Gasteiger partial charge on any atom is 0.263 e. The third-order valence-electron chi connectivity index (χ3n) is 7.05. The summed E-state index contributed by atoms with van der Waals surface area (Å²) in [5.74, 6) is 0.275. The van der Waals surface area contributed by atoms with Gasteiger partial charge in [-0.25, -0.2) is 13.8 Å². The second kappa shape index (κ2) is 6.10. The van der Waals surface area contributed by atoms with E-state index in [1.165, 1.54) is 18.5 Å². The van der Waals surface area contributed by atoms with E-state index >= 15 is 0 Å². The number of nitrogens with zero attached hydrogens (tertiary/aromatic N) is 4. The van der Waals surface area contributed by atoms with Crippen molar-refractivity contribution in [3.05, 3.63) is 24.0 Å². The largest absolute Gasteiger partial charge is 0.337 e. The Morgan fingerprint density at radius 3 is 2.79 bits per heavy atom. The number of fused-ring (bicyclic) bond motifs is 1. The number of H-pyrrole nitrogens is 1. The Labute approximate surface area is 167 Å². The second-order valence-electron chi connectivity index (χ2n) is 9.27. The molecule has 1 atom stereocenters. The molecule has 3 N–H and O–H groups in total. The monoisotopic (exact) mass is 401 g/mol. The van der Waals surface area contributed by atoms with E-state index in [0.717, 1.165) is 25.2 Å². The Morgan fingerprint density at radius 2 is 2.07 bits per heavy atom. The van der Waals surface area contributed by atoms with Gasteiger partial charge in [0.25, 0.3) is 5.92 Å². The van der Waals surface area contributed by atoms with Gasteiger partial charge in [0.15, 0.2) is 5.82 Å². The highest BCUT2D eigenvalue weighted by Crippen LogP contribution is 2.52. The Hall–Kier alpha value is -2.29. The summed E-state index contributed by atoms with van der Waals surface area (Å²) < 4.78 is 27.0. The molecule has 2 aliphatic heterocycles.